The van der Waals surface area contributed by atoms with Crippen LogP contribution in [0.2, 0.25) is 10.0 Å². The number of aromatic nitrogens is 1. The third kappa shape index (κ3) is 4.06. The van der Waals surface area contributed by atoms with Gasteiger partial charge in [0.05, 0.1) is 0 Å². The minimum Gasteiger partial charge on any atom is -0.298 e. The highest BCUT2D eigenvalue weighted by Gasteiger charge is 2.02. The number of nitrogens with zero attached hydrogens (tertiary/aromatic N) is 1. The molecule has 1 aromatic heterocycles. The van der Waals surface area contributed by atoms with E-state index in [1.807, 2.05) is 6.92 Å². The number of amides is 1. The molecule has 0 spiro atoms. The smallest absolute Gasteiger partial charge is 0.250 e. The van der Waals surface area contributed by atoms with Crippen LogP contribution in [0.5, 0.6) is 0 Å². The fourth-order valence-electron chi connectivity index (χ4n) is 1.36. The van der Waals surface area contributed by atoms with Crippen molar-refractivity contribution in [2.24, 2.45) is 0 Å². The molecule has 0 aliphatic heterocycles. The minimum absolute atomic E-state index is 0.250. The third-order valence-corrected chi connectivity index (χ3v) is 3.62. The van der Waals surface area contributed by atoms with Crippen molar-refractivity contribution in [3.63, 3.8) is 0 Å². The van der Waals surface area contributed by atoms with Gasteiger partial charge in [-0.05, 0) is 30.7 Å². The molecule has 19 heavy (non-hydrogen) atoms. The van der Waals surface area contributed by atoms with E-state index in [-0.39, 0.29) is 5.91 Å². The highest BCUT2D eigenvalue weighted by molar-refractivity contribution is 7.15. The molecular formula is C13H10Cl2N2OS. The summed E-state index contributed by atoms with van der Waals surface area (Å²) < 4.78 is 0. The average molecular weight is 313 g/mol. The summed E-state index contributed by atoms with van der Waals surface area (Å²) in [5.41, 5.74) is 0.733. The molecule has 6 heteroatoms. The topological polar surface area (TPSA) is 42.0 Å². The van der Waals surface area contributed by atoms with Gasteiger partial charge in [0.1, 0.15) is 0 Å². The maximum absolute atomic E-state index is 11.7. The van der Waals surface area contributed by atoms with Crippen molar-refractivity contribution in [2.45, 2.75) is 6.92 Å². The van der Waals surface area contributed by atoms with Gasteiger partial charge < -0.3 is 0 Å². The molecule has 0 bridgehead atoms. The van der Waals surface area contributed by atoms with Gasteiger partial charge in [0.25, 0.3) is 0 Å². The van der Waals surface area contributed by atoms with Crippen LogP contribution in [-0.2, 0) is 4.79 Å². The first kappa shape index (κ1) is 14.1. The SMILES string of the molecule is Cc1cnc(NC(=O)/C=C/c2ccc(Cl)cc2Cl)s1. The number of aryl methyl sites for hydroxylation is 1. The molecule has 2 aromatic rings. The standard InChI is InChI=1S/C13H10Cl2N2OS/c1-8-7-16-13(19-8)17-12(18)5-3-9-2-4-10(14)6-11(9)15/h2-7H,1H3,(H,16,17,18)/b5-3+. The third-order valence-electron chi connectivity index (χ3n) is 2.23. The van der Waals surface area contributed by atoms with Crippen LogP contribution in [0.1, 0.15) is 10.4 Å². The normalized spacial score (nSPS) is 10.9. The molecule has 0 radical (unpaired) electrons. The number of halogens is 2. The van der Waals surface area contributed by atoms with Crippen LogP contribution in [0.4, 0.5) is 5.13 Å². The van der Waals surface area contributed by atoms with Gasteiger partial charge in [-0.2, -0.15) is 0 Å². The van der Waals surface area contributed by atoms with E-state index in [4.69, 9.17) is 23.2 Å². The summed E-state index contributed by atoms with van der Waals surface area (Å²) in [7, 11) is 0. The zero-order valence-electron chi connectivity index (χ0n) is 9.98. The Kier molecular flexibility index (Phi) is 4.58. The second kappa shape index (κ2) is 6.19. The van der Waals surface area contributed by atoms with Gasteiger partial charge in [-0.15, -0.1) is 11.3 Å². The molecule has 0 saturated carbocycles. The number of carbonyl (C=O) groups excluding carboxylic acids is 1. The Labute approximate surface area is 124 Å². The number of anilines is 1. The van der Waals surface area contributed by atoms with Gasteiger partial charge in [-0.1, -0.05) is 29.3 Å². The van der Waals surface area contributed by atoms with Gasteiger partial charge in [-0.3, -0.25) is 10.1 Å². The first-order valence-electron chi connectivity index (χ1n) is 5.41. The predicted molar refractivity (Wildman–Crippen MR) is 81.0 cm³/mol. The van der Waals surface area contributed by atoms with Crippen LogP contribution in [0.3, 0.4) is 0 Å². The molecule has 1 N–H and O–H groups in total. The fourth-order valence-corrected chi connectivity index (χ4v) is 2.50. The molecule has 0 aliphatic carbocycles. The van der Waals surface area contributed by atoms with Crippen molar-refractivity contribution in [1.29, 1.82) is 0 Å². The molecule has 1 aromatic carbocycles. The lowest BCUT2D eigenvalue weighted by atomic mass is 10.2. The van der Waals surface area contributed by atoms with E-state index < -0.39 is 0 Å². The Balaban J connectivity index is 2.03. The van der Waals surface area contributed by atoms with Crippen LogP contribution >= 0.6 is 34.5 Å². The first-order chi connectivity index (χ1) is 9.04. The quantitative estimate of drug-likeness (QED) is 0.853. The molecule has 0 fully saturated rings. The van der Waals surface area contributed by atoms with Gasteiger partial charge >= 0.3 is 0 Å². The Morgan fingerprint density at radius 3 is 2.84 bits per heavy atom. The molecule has 3 nitrogen and oxygen atoms in total. The number of carbonyl (C=O) groups is 1. The van der Waals surface area contributed by atoms with E-state index in [0.717, 1.165) is 10.4 Å². The van der Waals surface area contributed by atoms with E-state index >= 15 is 0 Å². The second-order valence-electron chi connectivity index (χ2n) is 3.76. The van der Waals surface area contributed by atoms with Crippen LogP contribution in [0.15, 0.2) is 30.5 Å². The van der Waals surface area contributed by atoms with Crippen LogP contribution < -0.4 is 5.32 Å². The highest BCUT2D eigenvalue weighted by atomic mass is 35.5. The molecule has 1 heterocycles. The zero-order chi connectivity index (χ0) is 13.8. The summed E-state index contributed by atoms with van der Waals surface area (Å²) in [5, 5.41) is 4.32. The Hall–Kier alpha value is -1.36. The fraction of sp³-hybridized carbons (Fsp3) is 0.0769. The number of benzene rings is 1. The number of rotatable bonds is 3. The van der Waals surface area contributed by atoms with Crippen LogP contribution in [-0.4, -0.2) is 10.9 Å². The summed E-state index contributed by atoms with van der Waals surface area (Å²) in [5.74, 6) is -0.250. The van der Waals surface area contributed by atoms with E-state index in [2.05, 4.69) is 10.3 Å². The first-order valence-corrected chi connectivity index (χ1v) is 6.98. The average Bonchev–Trinajstić information content (AvgIpc) is 2.73. The maximum Gasteiger partial charge on any atom is 0.250 e. The summed E-state index contributed by atoms with van der Waals surface area (Å²) >= 11 is 13.2. The van der Waals surface area contributed by atoms with E-state index in [1.54, 1.807) is 30.5 Å². The highest BCUT2D eigenvalue weighted by Crippen LogP contribution is 2.22. The number of hydrogen-bond donors (Lipinski definition) is 1. The van der Waals surface area contributed by atoms with Crippen molar-refractivity contribution in [3.8, 4) is 0 Å². The maximum atomic E-state index is 11.7. The van der Waals surface area contributed by atoms with Crippen molar-refractivity contribution in [1.82, 2.24) is 4.98 Å². The van der Waals surface area contributed by atoms with E-state index in [9.17, 15) is 4.79 Å². The van der Waals surface area contributed by atoms with Gasteiger partial charge in [0.15, 0.2) is 5.13 Å². The zero-order valence-corrected chi connectivity index (χ0v) is 12.3. The van der Waals surface area contributed by atoms with E-state index in [1.165, 1.54) is 17.4 Å². The number of nitrogens with one attached hydrogen (secondary N) is 1. The lowest BCUT2D eigenvalue weighted by Gasteiger charge is -1.99. The van der Waals surface area contributed by atoms with Gasteiger partial charge in [0, 0.05) is 27.2 Å². The largest absolute Gasteiger partial charge is 0.298 e. The lowest BCUT2D eigenvalue weighted by molar-refractivity contribution is -0.111. The second-order valence-corrected chi connectivity index (χ2v) is 5.84. The van der Waals surface area contributed by atoms with Crippen molar-refractivity contribution in [2.75, 3.05) is 5.32 Å². The van der Waals surface area contributed by atoms with Gasteiger partial charge in [-0.25, -0.2) is 4.98 Å². The molecule has 2 rings (SSSR count). The monoisotopic (exact) mass is 312 g/mol. The van der Waals surface area contributed by atoms with Gasteiger partial charge in [0.2, 0.25) is 5.91 Å². The lowest BCUT2D eigenvalue weighted by Crippen LogP contribution is -2.07. The van der Waals surface area contributed by atoms with Crippen molar-refractivity contribution < 1.29 is 4.79 Å². The van der Waals surface area contributed by atoms with Crippen molar-refractivity contribution >= 4 is 51.7 Å². The molecule has 0 saturated heterocycles. The Morgan fingerprint density at radius 1 is 1.42 bits per heavy atom. The molecule has 1 amide bonds. The summed E-state index contributed by atoms with van der Waals surface area (Å²) in [6.07, 6.45) is 4.75. The number of hydrogen-bond acceptors (Lipinski definition) is 3. The van der Waals surface area contributed by atoms with Crippen LogP contribution in [0.25, 0.3) is 6.08 Å². The molecule has 0 atom stereocenters. The molecule has 98 valence electrons. The summed E-state index contributed by atoms with van der Waals surface area (Å²) in [6, 6.07) is 5.10. The summed E-state index contributed by atoms with van der Waals surface area (Å²) in [4.78, 5) is 16.8. The van der Waals surface area contributed by atoms with Crippen molar-refractivity contribution in [3.05, 3.63) is 51.0 Å². The molecule has 0 unspecified atom stereocenters. The Morgan fingerprint density at radius 2 is 2.21 bits per heavy atom. The number of thiazole rings is 1. The molecule has 0 aliphatic rings. The molecular weight excluding hydrogens is 303 g/mol. The predicted octanol–water partition coefficient (Wildman–Crippen LogP) is 4.41. The minimum atomic E-state index is -0.250. The summed E-state index contributed by atoms with van der Waals surface area (Å²) in [6.45, 7) is 1.93. The van der Waals surface area contributed by atoms with Crippen LogP contribution in [0, 0.1) is 6.92 Å². The van der Waals surface area contributed by atoms with E-state index in [0.29, 0.717) is 15.2 Å². The Bertz CT molecular complexity index is 637.